The average molecular weight is 301 g/mol. The molecule has 0 atom stereocenters. The molecule has 2 aromatic rings. The van der Waals surface area contributed by atoms with Crippen molar-refractivity contribution in [3.05, 3.63) is 40.3 Å². The zero-order valence-electron chi connectivity index (χ0n) is 12.3. The van der Waals surface area contributed by atoms with Crippen molar-refractivity contribution in [1.82, 2.24) is 9.78 Å². The van der Waals surface area contributed by atoms with Gasteiger partial charge < -0.3 is 10.8 Å². The van der Waals surface area contributed by atoms with Gasteiger partial charge in [-0.1, -0.05) is 37.5 Å². The van der Waals surface area contributed by atoms with Crippen LogP contribution in [-0.2, 0) is 6.54 Å². The standard InChI is InChI=1S/C16H19N3O3/c17-14(20)13-11-6-2-3-7-12(11)15(21)19(18-13)10-16(22)8-4-1-5-9-16/h2-3,6-7,22H,1,4-5,8-10H2,(H2,17,20). The van der Waals surface area contributed by atoms with Crippen LogP contribution in [0.15, 0.2) is 29.1 Å². The zero-order chi connectivity index (χ0) is 15.7. The molecule has 116 valence electrons. The molecule has 1 fully saturated rings. The number of nitrogens with two attached hydrogens (primary N) is 1. The number of aliphatic hydroxyl groups is 1. The predicted molar refractivity (Wildman–Crippen MR) is 82.6 cm³/mol. The molecule has 0 unspecified atom stereocenters. The van der Waals surface area contributed by atoms with Crippen LogP contribution in [0.25, 0.3) is 10.8 Å². The zero-order valence-corrected chi connectivity index (χ0v) is 12.3. The summed E-state index contributed by atoms with van der Waals surface area (Å²) >= 11 is 0. The van der Waals surface area contributed by atoms with E-state index >= 15 is 0 Å². The number of aromatic nitrogens is 2. The van der Waals surface area contributed by atoms with Gasteiger partial charge in [0.2, 0.25) is 0 Å². The van der Waals surface area contributed by atoms with Crippen LogP contribution in [0, 0.1) is 0 Å². The summed E-state index contributed by atoms with van der Waals surface area (Å²) in [7, 11) is 0. The Morgan fingerprint density at radius 2 is 1.86 bits per heavy atom. The predicted octanol–water partition coefficient (Wildman–Crippen LogP) is 1.19. The molecule has 0 bridgehead atoms. The molecule has 0 radical (unpaired) electrons. The Balaban J connectivity index is 2.12. The van der Waals surface area contributed by atoms with E-state index in [0.717, 1.165) is 19.3 Å². The van der Waals surface area contributed by atoms with E-state index in [1.807, 2.05) is 0 Å². The third-order valence-electron chi connectivity index (χ3n) is 4.33. The Morgan fingerprint density at radius 3 is 2.50 bits per heavy atom. The Labute approximate surface area is 127 Å². The minimum absolute atomic E-state index is 0.0645. The minimum atomic E-state index is -0.938. The van der Waals surface area contributed by atoms with E-state index in [1.165, 1.54) is 4.68 Å². The molecule has 1 saturated carbocycles. The average Bonchev–Trinajstić information content (AvgIpc) is 2.50. The number of hydrogen-bond donors (Lipinski definition) is 2. The third-order valence-corrected chi connectivity index (χ3v) is 4.33. The molecule has 1 amide bonds. The van der Waals surface area contributed by atoms with Gasteiger partial charge in [0.1, 0.15) is 0 Å². The lowest BCUT2D eigenvalue weighted by Crippen LogP contribution is -2.41. The van der Waals surface area contributed by atoms with Crippen molar-refractivity contribution in [3.8, 4) is 0 Å². The van der Waals surface area contributed by atoms with Gasteiger partial charge in [-0.05, 0) is 18.9 Å². The lowest BCUT2D eigenvalue weighted by atomic mass is 9.85. The first-order chi connectivity index (χ1) is 10.5. The highest BCUT2D eigenvalue weighted by molar-refractivity contribution is 6.03. The SMILES string of the molecule is NC(=O)c1nn(CC2(O)CCCCC2)c(=O)c2ccccc12. The number of benzene rings is 1. The minimum Gasteiger partial charge on any atom is -0.388 e. The van der Waals surface area contributed by atoms with E-state index in [9.17, 15) is 14.7 Å². The van der Waals surface area contributed by atoms with E-state index in [4.69, 9.17) is 5.73 Å². The molecular weight excluding hydrogens is 282 g/mol. The fourth-order valence-electron chi connectivity index (χ4n) is 3.17. The van der Waals surface area contributed by atoms with Crippen LogP contribution in [0.1, 0.15) is 42.6 Å². The molecule has 22 heavy (non-hydrogen) atoms. The molecule has 0 saturated heterocycles. The van der Waals surface area contributed by atoms with Gasteiger partial charge in [0.05, 0.1) is 17.5 Å². The highest BCUT2D eigenvalue weighted by Crippen LogP contribution is 2.29. The molecule has 6 nitrogen and oxygen atoms in total. The molecule has 1 aliphatic carbocycles. The molecule has 0 aliphatic heterocycles. The number of rotatable bonds is 3. The van der Waals surface area contributed by atoms with Crippen molar-refractivity contribution >= 4 is 16.7 Å². The van der Waals surface area contributed by atoms with Gasteiger partial charge in [-0.3, -0.25) is 9.59 Å². The summed E-state index contributed by atoms with van der Waals surface area (Å²) in [6.07, 6.45) is 4.23. The number of carbonyl (C=O) groups is 1. The summed E-state index contributed by atoms with van der Waals surface area (Å²) in [5.74, 6) is -0.680. The second-order valence-electron chi connectivity index (χ2n) is 6.01. The van der Waals surface area contributed by atoms with Crippen molar-refractivity contribution in [2.45, 2.75) is 44.2 Å². The van der Waals surface area contributed by atoms with Gasteiger partial charge in [0.25, 0.3) is 11.5 Å². The lowest BCUT2D eigenvalue weighted by Gasteiger charge is -2.32. The van der Waals surface area contributed by atoms with Crippen molar-refractivity contribution in [2.75, 3.05) is 0 Å². The maximum atomic E-state index is 12.6. The maximum absolute atomic E-state index is 12.6. The quantitative estimate of drug-likeness (QED) is 0.889. The molecule has 3 rings (SSSR count). The highest BCUT2D eigenvalue weighted by atomic mass is 16.3. The molecule has 1 heterocycles. The lowest BCUT2D eigenvalue weighted by molar-refractivity contribution is -0.0154. The first-order valence-corrected chi connectivity index (χ1v) is 7.52. The summed E-state index contributed by atoms with van der Waals surface area (Å²) in [4.78, 5) is 24.2. The molecule has 1 aromatic carbocycles. The second-order valence-corrected chi connectivity index (χ2v) is 6.01. The number of nitrogens with zero attached hydrogens (tertiary/aromatic N) is 2. The molecule has 0 spiro atoms. The first-order valence-electron chi connectivity index (χ1n) is 7.52. The summed E-state index contributed by atoms with van der Waals surface area (Å²) in [5.41, 5.74) is 4.21. The number of amides is 1. The van der Waals surface area contributed by atoms with Crippen LogP contribution >= 0.6 is 0 Å². The van der Waals surface area contributed by atoms with Crippen LogP contribution < -0.4 is 11.3 Å². The number of hydrogen-bond acceptors (Lipinski definition) is 4. The van der Waals surface area contributed by atoms with Gasteiger partial charge in [0.15, 0.2) is 5.69 Å². The second kappa shape index (κ2) is 5.53. The summed E-state index contributed by atoms with van der Waals surface area (Å²) < 4.78 is 1.19. The molecule has 1 aromatic heterocycles. The summed E-state index contributed by atoms with van der Waals surface area (Å²) in [6, 6.07) is 6.76. The molecule has 3 N–H and O–H groups in total. The fraction of sp³-hybridized carbons (Fsp3) is 0.438. The van der Waals surface area contributed by atoms with Gasteiger partial charge in [-0.2, -0.15) is 5.10 Å². The molecular formula is C16H19N3O3. The largest absolute Gasteiger partial charge is 0.388 e. The van der Waals surface area contributed by atoms with E-state index in [2.05, 4.69) is 5.10 Å². The van der Waals surface area contributed by atoms with Crippen LogP contribution in [0.2, 0.25) is 0 Å². The maximum Gasteiger partial charge on any atom is 0.274 e. The van der Waals surface area contributed by atoms with E-state index in [1.54, 1.807) is 24.3 Å². The van der Waals surface area contributed by atoms with Crippen LogP contribution in [0.3, 0.4) is 0 Å². The van der Waals surface area contributed by atoms with Crippen molar-refractivity contribution in [2.24, 2.45) is 5.73 Å². The first kappa shape index (κ1) is 14.7. The summed E-state index contributed by atoms with van der Waals surface area (Å²) in [6.45, 7) is 0.0942. The number of fused-ring (bicyclic) bond motifs is 1. The van der Waals surface area contributed by atoms with Crippen LogP contribution in [0.5, 0.6) is 0 Å². The third kappa shape index (κ3) is 2.62. The summed E-state index contributed by atoms with van der Waals surface area (Å²) in [5, 5.41) is 15.6. The normalized spacial score (nSPS) is 17.5. The molecule has 6 heteroatoms. The van der Waals surface area contributed by atoms with Gasteiger partial charge in [0, 0.05) is 5.39 Å². The Morgan fingerprint density at radius 1 is 1.23 bits per heavy atom. The Bertz CT molecular complexity index is 776. The van der Waals surface area contributed by atoms with E-state index in [-0.39, 0.29) is 17.8 Å². The Hall–Kier alpha value is -2.21. The smallest absolute Gasteiger partial charge is 0.274 e. The monoisotopic (exact) mass is 301 g/mol. The van der Waals surface area contributed by atoms with Crippen molar-refractivity contribution in [1.29, 1.82) is 0 Å². The van der Waals surface area contributed by atoms with Crippen LogP contribution in [0.4, 0.5) is 0 Å². The number of primary amides is 1. The van der Waals surface area contributed by atoms with Crippen LogP contribution in [-0.4, -0.2) is 26.4 Å². The topological polar surface area (TPSA) is 98.2 Å². The highest BCUT2D eigenvalue weighted by Gasteiger charge is 2.31. The number of carbonyl (C=O) groups excluding carboxylic acids is 1. The van der Waals surface area contributed by atoms with E-state index in [0.29, 0.717) is 23.6 Å². The van der Waals surface area contributed by atoms with Crippen molar-refractivity contribution in [3.63, 3.8) is 0 Å². The van der Waals surface area contributed by atoms with Gasteiger partial charge in [-0.25, -0.2) is 4.68 Å². The molecule has 1 aliphatic rings. The van der Waals surface area contributed by atoms with Crippen molar-refractivity contribution < 1.29 is 9.90 Å². The Kier molecular flexibility index (Phi) is 3.70. The van der Waals surface area contributed by atoms with Gasteiger partial charge in [-0.15, -0.1) is 0 Å². The van der Waals surface area contributed by atoms with E-state index < -0.39 is 11.5 Å². The van der Waals surface area contributed by atoms with Gasteiger partial charge >= 0.3 is 0 Å². The fourth-order valence-corrected chi connectivity index (χ4v) is 3.17.